The van der Waals surface area contributed by atoms with Crippen molar-refractivity contribution in [2.75, 3.05) is 32.8 Å². The van der Waals surface area contributed by atoms with Gasteiger partial charge in [0.1, 0.15) is 18.0 Å². The molecule has 1 saturated heterocycles. The van der Waals surface area contributed by atoms with Gasteiger partial charge in [0.25, 0.3) is 0 Å². The predicted molar refractivity (Wildman–Crippen MR) is 142 cm³/mol. The number of nitrogens with one attached hydrogen (secondary N) is 3. The summed E-state index contributed by atoms with van der Waals surface area (Å²) in [7, 11) is 0. The van der Waals surface area contributed by atoms with Crippen molar-refractivity contribution in [3.8, 4) is 5.75 Å². The standard InChI is InChI=1S/C27H37N5O5/c1-5-19-15-28-10-9-24(33)30-12-11-29-16-25(34)32-17-21(31-26(35)37-27(2,3)4)14-22(32)18-36-23-8-6-7-20(19)13-23/h5-8,10,13,15,21-22,29H,1,9,11-12,14,16-18H2,2-4H3,(H,30,33)(H,31,35)/b19-15+,28-10-/t21-,22+/m1/s1. The number of allylic oxidation sites excluding steroid dienone is 2. The fourth-order valence-corrected chi connectivity index (χ4v) is 4.09. The van der Waals surface area contributed by atoms with E-state index in [4.69, 9.17) is 9.47 Å². The molecular formula is C27H37N5O5. The van der Waals surface area contributed by atoms with Crippen LogP contribution in [0.1, 0.15) is 39.2 Å². The molecule has 3 rings (SSSR count). The molecule has 10 heteroatoms. The average molecular weight is 512 g/mol. The lowest BCUT2D eigenvalue weighted by Crippen LogP contribution is -2.45. The molecule has 0 unspecified atom stereocenters. The third-order valence-electron chi connectivity index (χ3n) is 5.78. The molecule has 2 heterocycles. The minimum Gasteiger partial charge on any atom is -0.491 e. The van der Waals surface area contributed by atoms with Gasteiger partial charge in [-0.25, -0.2) is 4.79 Å². The van der Waals surface area contributed by atoms with Gasteiger partial charge in [-0.05, 0) is 50.5 Å². The number of alkyl carbamates (subject to hydrolysis) is 1. The van der Waals surface area contributed by atoms with Crippen molar-refractivity contribution in [3.05, 3.63) is 48.7 Å². The zero-order valence-electron chi connectivity index (χ0n) is 21.8. The summed E-state index contributed by atoms with van der Waals surface area (Å²) in [4.78, 5) is 43.4. The average Bonchev–Trinajstić information content (AvgIpc) is 3.23. The van der Waals surface area contributed by atoms with Crippen molar-refractivity contribution in [2.45, 2.75) is 51.3 Å². The monoisotopic (exact) mass is 511 g/mol. The summed E-state index contributed by atoms with van der Waals surface area (Å²) in [6, 6.07) is 7.02. The molecule has 3 N–H and O–H groups in total. The van der Waals surface area contributed by atoms with E-state index in [1.54, 1.807) is 44.2 Å². The van der Waals surface area contributed by atoms with Gasteiger partial charge in [-0.2, -0.15) is 0 Å². The molecule has 0 saturated carbocycles. The van der Waals surface area contributed by atoms with Gasteiger partial charge in [0.05, 0.1) is 25.0 Å². The number of hydrogen-bond donors (Lipinski definition) is 3. The molecule has 1 aromatic carbocycles. The molecule has 0 spiro atoms. The molecule has 2 bridgehead atoms. The minimum atomic E-state index is -0.615. The van der Waals surface area contributed by atoms with E-state index in [-0.39, 0.29) is 43.5 Å². The lowest BCUT2D eigenvalue weighted by molar-refractivity contribution is -0.131. The summed E-state index contributed by atoms with van der Waals surface area (Å²) >= 11 is 0. The van der Waals surface area contributed by atoms with Crippen molar-refractivity contribution < 1.29 is 23.9 Å². The van der Waals surface area contributed by atoms with Crippen LogP contribution in [0.5, 0.6) is 5.75 Å². The van der Waals surface area contributed by atoms with Gasteiger partial charge in [0, 0.05) is 32.0 Å². The van der Waals surface area contributed by atoms with Crippen molar-refractivity contribution in [1.29, 1.82) is 0 Å². The van der Waals surface area contributed by atoms with Crippen LogP contribution in [0.25, 0.3) is 5.57 Å². The van der Waals surface area contributed by atoms with Crippen LogP contribution in [0.4, 0.5) is 4.79 Å². The second kappa shape index (κ2) is 13.0. The molecule has 2 atom stereocenters. The fourth-order valence-electron chi connectivity index (χ4n) is 4.09. The second-order valence-electron chi connectivity index (χ2n) is 9.97. The number of aliphatic imine (C=N–C) groups is 1. The molecule has 10 nitrogen and oxygen atoms in total. The van der Waals surface area contributed by atoms with Gasteiger partial charge in [0.2, 0.25) is 11.8 Å². The van der Waals surface area contributed by atoms with Crippen molar-refractivity contribution in [3.63, 3.8) is 0 Å². The third-order valence-corrected chi connectivity index (χ3v) is 5.78. The fraction of sp³-hybridized carbons (Fsp3) is 0.481. The molecule has 1 fully saturated rings. The van der Waals surface area contributed by atoms with Crippen molar-refractivity contribution in [2.24, 2.45) is 4.99 Å². The Kier molecular flexibility index (Phi) is 9.85. The Balaban J connectivity index is 1.78. The lowest BCUT2D eigenvalue weighted by atomic mass is 10.1. The van der Waals surface area contributed by atoms with E-state index >= 15 is 0 Å². The van der Waals surface area contributed by atoms with Crippen LogP contribution in [0.2, 0.25) is 0 Å². The number of hydrogen-bond acceptors (Lipinski definition) is 7. The highest BCUT2D eigenvalue weighted by Gasteiger charge is 2.37. The first-order valence-corrected chi connectivity index (χ1v) is 12.5. The summed E-state index contributed by atoms with van der Waals surface area (Å²) in [5.41, 5.74) is 1.03. The zero-order chi connectivity index (χ0) is 26.8. The van der Waals surface area contributed by atoms with Crippen LogP contribution in [0, 0.1) is 0 Å². The highest BCUT2D eigenvalue weighted by molar-refractivity contribution is 5.90. The number of rotatable bonds is 2. The Labute approximate surface area is 218 Å². The van der Waals surface area contributed by atoms with E-state index in [9.17, 15) is 14.4 Å². The number of amides is 3. The number of benzene rings is 1. The van der Waals surface area contributed by atoms with Crippen molar-refractivity contribution >= 4 is 29.7 Å². The quantitative estimate of drug-likeness (QED) is 0.560. The normalized spacial score (nSPS) is 24.1. The maximum atomic E-state index is 13.1. The van der Waals surface area contributed by atoms with Crippen LogP contribution >= 0.6 is 0 Å². The van der Waals surface area contributed by atoms with Gasteiger partial charge < -0.3 is 30.3 Å². The molecule has 37 heavy (non-hydrogen) atoms. The van der Waals surface area contributed by atoms with E-state index in [1.165, 1.54) is 0 Å². The lowest BCUT2D eigenvalue weighted by Gasteiger charge is -2.25. The van der Waals surface area contributed by atoms with E-state index in [0.717, 1.165) is 11.1 Å². The minimum absolute atomic E-state index is 0.106. The first-order chi connectivity index (χ1) is 17.6. The number of carbonyl (C=O) groups is 3. The topological polar surface area (TPSA) is 121 Å². The van der Waals surface area contributed by atoms with Crippen molar-refractivity contribution in [1.82, 2.24) is 20.9 Å². The largest absolute Gasteiger partial charge is 0.491 e. The molecule has 0 aromatic heterocycles. The summed E-state index contributed by atoms with van der Waals surface area (Å²) in [6.07, 6.45) is 5.05. The van der Waals surface area contributed by atoms with Crippen LogP contribution < -0.4 is 20.7 Å². The maximum absolute atomic E-state index is 13.1. The van der Waals surface area contributed by atoms with Crippen LogP contribution in [0.3, 0.4) is 0 Å². The Morgan fingerprint density at radius 2 is 2.11 bits per heavy atom. The summed E-state index contributed by atoms with van der Waals surface area (Å²) < 4.78 is 11.5. The number of ether oxygens (including phenoxy) is 2. The third kappa shape index (κ3) is 9.05. The molecule has 1 aromatic rings. The number of carbonyl (C=O) groups excluding carboxylic acids is 3. The number of nitrogens with zero attached hydrogens (tertiary/aromatic N) is 2. The van der Waals surface area contributed by atoms with Gasteiger partial charge >= 0.3 is 6.09 Å². The molecule has 0 aliphatic carbocycles. The Morgan fingerprint density at radius 1 is 1.30 bits per heavy atom. The van der Waals surface area contributed by atoms with E-state index < -0.39 is 11.7 Å². The maximum Gasteiger partial charge on any atom is 0.407 e. The first kappa shape index (κ1) is 27.9. The zero-order valence-corrected chi connectivity index (χ0v) is 21.8. The first-order valence-electron chi connectivity index (χ1n) is 12.5. The number of fused-ring (bicyclic) bond motifs is 3. The molecule has 3 amide bonds. The Bertz CT molecular complexity index is 1050. The van der Waals surface area contributed by atoms with Gasteiger partial charge in [-0.1, -0.05) is 24.8 Å². The van der Waals surface area contributed by atoms with E-state index in [1.807, 2.05) is 24.3 Å². The summed E-state index contributed by atoms with van der Waals surface area (Å²) in [6.45, 7) is 10.8. The molecule has 200 valence electrons. The summed E-state index contributed by atoms with van der Waals surface area (Å²) in [5, 5.41) is 8.75. The van der Waals surface area contributed by atoms with Crippen LogP contribution in [-0.2, 0) is 14.3 Å². The Morgan fingerprint density at radius 3 is 2.86 bits per heavy atom. The van der Waals surface area contributed by atoms with E-state index in [0.29, 0.717) is 31.8 Å². The molecule has 2 aliphatic heterocycles. The highest BCUT2D eigenvalue weighted by atomic mass is 16.6. The smallest absolute Gasteiger partial charge is 0.407 e. The second-order valence-corrected chi connectivity index (χ2v) is 9.97. The predicted octanol–water partition coefficient (Wildman–Crippen LogP) is 2.27. The van der Waals surface area contributed by atoms with Gasteiger partial charge in [-0.15, -0.1) is 0 Å². The van der Waals surface area contributed by atoms with Gasteiger partial charge in [-0.3, -0.25) is 14.6 Å². The molecule has 0 radical (unpaired) electrons. The highest BCUT2D eigenvalue weighted by Crippen LogP contribution is 2.24. The molecule has 2 aliphatic rings. The molecular weight excluding hydrogens is 474 g/mol. The van der Waals surface area contributed by atoms with E-state index in [2.05, 4.69) is 27.5 Å². The Hall–Kier alpha value is -3.66. The summed E-state index contributed by atoms with van der Waals surface area (Å²) in [5.74, 6) is 0.374. The van der Waals surface area contributed by atoms with Crippen LogP contribution in [-0.4, -0.2) is 79.5 Å². The van der Waals surface area contributed by atoms with Crippen LogP contribution in [0.15, 0.2) is 48.1 Å². The van der Waals surface area contributed by atoms with Gasteiger partial charge in [0.15, 0.2) is 0 Å². The SMILES string of the molecule is C=C/C1=C\N=C/CC(=O)NCCNCC(=O)N2C[C@H](NC(=O)OC(C)(C)C)C[C@H]2COc2cccc1c2.